The Morgan fingerprint density at radius 2 is 1.74 bits per heavy atom. The van der Waals surface area contributed by atoms with Gasteiger partial charge in [-0.2, -0.15) is 0 Å². The van der Waals surface area contributed by atoms with Crippen molar-refractivity contribution in [3.8, 4) is 11.5 Å². The van der Waals surface area contributed by atoms with Crippen LogP contribution in [0.15, 0.2) is 66.7 Å². The lowest BCUT2D eigenvalue weighted by molar-refractivity contribution is -0.128. The number of carbonyl (C=O) groups excluding carboxylic acids is 2. The molecule has 1 aliphatic heterocycles. The van der Waals surface area contributed by atoms with E-state index in [1.54, 1.807) is 22.9 Å². The topological polar surface area (TPSA) is 98.6 Å². The van der Waals surface area contributed by atoms with E-state index in [0.717, 1.165) is 17.5 Å². The summed E-state index contributed by atoms with van der Waals surface area (Å²) in [5, 5.41) is 11.6. The SMILES string of the molecule is CCC(C)(C)NC(=O)[C@@H](c1ccc(C)cc1)N(C(=O)Cn1nnc2ccccc21)c1ccc2c(c1)OCCO2. The zero-order valence-corrected chi connectivity index (χ0v) is 22.7. The lowest BCUT2D eigenvalue weighted by Crippen LogP contribution is -2.51. The van der Waals surface area contributed by atoms with Gasteiger partial charge in [-0.3, -0.25) is 14.5 Å². The van der Waals surface area contributed by atoms with Crippen molar-refractivity contribution in [2.75, 3.05) is 18.1 Å². The fourth-order valence-electron chi connectivity index (χ4n) is 4.51. The van der Waals surface area contributed by atoms with E-state index in [4.69, 9.17) is 9.47 Å². The summed E-state index contributed by atoms with van der Waals surface area (Å²) in [5.41, 5.74) is 3.22. The summed E-state index contributed by atoms with van der Waals surface area (Å²) in [5.74, 6) is 0.526. The Bertz CT molecular complexity index is 1500. The molecule has 2 heterocycles. The molecule has 0 saturated carbocycles. The summed E-state index contributed by atoms with van der Waals surface area (Å²) in [7, 11) is 0. The molecule has 1 N–H and O–H groups in total. The van der Waals surface area contributed by atoms with Gasteiger partial charge in [-0.1, -0.05) is 54.1 Å². The fourth-order valence-corrected chi connectivity index (χ4v) is 4.51. The van der Waals surface area contributed by atoms with Crippen LogP contribution in [-0.2, 0) is 16.1 Å². The first-order valence-corrected chi connectivity index (χ1v) is 13.1. The van der Waals surface area contributed by atoms with Crippen molar-refractivity contribution in [3.63, 3.8) is 0 Å². The summed E-state index contributed by atoms with van der Waals surface area (Å²) >= 11 is 0. The van der Waals surface area contributed by atoms with Crippen LogP contribution in [0.4, 0.5) is 5.69 Å². The molecule has 0 unspecified atom stereocenters. The average Bonchev–Trinajstić information content (AvgIpc) is 3.34. The molecule has 39 heavy (non-hydrogen) atoms. The minimum Gasteiger partial charge on any atom is -0.486 e. The average molecular weight is 528 g/mol. The van der Waals surface area contributed by atoms with Crippen LogP contribution < -0.4 is 19.7 Å². The van der Waals surface area contributed by atoms with Gasteiger partial charge in [0.15, 0.2) is 11.5 Å². The van der Waals surface area contributed by atoms with Crippen LogP contribution in [0.1, 0.15) is 44.4 Å². The minimum absolute atomic E-state index is 0.109. The van der Waals surface area contributed by atoms with Gasteiger partial charge in [0, 0.05) is 17.3 Å². The number of hydrogen-bond donors (Lipinski definition) is 1. The number of rotatable bonds is 8. The van der Waals surface area contributed by atoms with E-state index < -0.39 is 11.6 Å². The molecule has 3 aromatic carbocycles. The molecule has 1 atom stereocenters. The Hall–Kier alpha value is -4.40. The van der Waals surface area contributed by atoms with Gasteiger partial charge in [0.2, 0.25) is 11.8 Å². The van der Waals surface area contributed by atoms with Crippen molar-refractivity contribution >= 4 is 28.5 Å². The zero-order valence-electron chi connectivity index (χ0n) is 22.7. The summed E-state index contributed by atoms with van der Waals surface area (Å²) in [6, 6.07) is 19.5. The van der Waals surface area contributed by atoms with Gasteiger partial charge in [-0.15, -0.1) is 5.10 Å². The van der Waals surface area contributed by atoms with E-state index in [1.807, 2.05) is 76.2 Å². The van der Waals surface area contributed by atoms with Gasteiger partial charge >= 0.3 is 0 Å². The Morgan fingerprint density at radius 3 is 2.49 bits per heavy atom. The molecule has 0 bridgehead atoms. The minimum atomic E-state index is -0.943. The Balaban J connectivity index is 1.62. The highest BCUT2D eigenvalue weighted by Crippen LogP contribution is 2.37. The molecule has 5 rings (SSSR count). The highest BCUT2D eigenvalue weighted by Gasteiger charge is 2.36. The van der Waals surface area contributed by atoms with Crippen molar-refractivity contribution in [1.82, 2.24) is 20.3 Å². The Labute approximate surface area is 227 Å². The number of hydrogen-bond acceptors (Lipinski definition) is 6. The van der Waals surface area contributed by atoms with Crippen LogP contribution in [0.25, 0.3) is 11.0 Å². The third-order valence-corrected chi connectivity index (χ3v) is 7.02. The van der Waals surface area contributed by atoms with Crippen molar-refractivity contribution in [3.05, 3.63) is 77.9 Å². The number of nitrogens with one attached hydrogen (secondary N) is 1. The molecule has 9 nitrogen and oxygen atoms in total. The number of para-hydroxylation sites is 1. The molecule has 0 fully saturated rings. The molecule has 0 radical (unpaired) electrons. The van der Waals surface area contributed by atoms with Gasteiger partial charge in [0.25, 0.3) is 0 Å². The number of amides is 2. The quantitative estimate of drug-likeness (QED) is 0.360. The van der Waals surface area contributed by atoms with Crippen LogP contribution in [0.2, 0.25) is 0 Å². The highest BCUT2D eigenvalue weighted by atomic mass is 16.6. The summed E-state index contributed by atoms with van der Waals surface area (Å²) in [4.78, 5) is 29.8. The van der Waals surface area contributed by atoms with Gasteiger partial charge in [-0.05, 0) is 57.0 Å². The second-order valence-corrected chi connectivity index (χ2v) is 10.4. The normalized spacial score (nSPS) is 13.6. The van der Waals surface area contributed by atoms with Crippen molar-refractivity contribution in [2.45, 2.75) is 52.2 Å². The Kier molecular flexibility index (Phi) is 7.24. The summed E-state index contributed by atoms with van der Waals surface area (Å²) in [6.45, 7) is 8.68. The van der Waals surface area contributed by atoms with Gasteiger partial charge in [-0.25, -0.2) is 4.68 Å². The number of aromatic nitrogens is 3. The largest absolute Gasteiger partial charge is 0.486 e. The maximum absolute atomic E-state index is 14.2. The van der Waals surface area contributed by atoms with Crippen LogP contribution in [0.3, 0.4) is 0 Å². The molecule has 202 valence electrons. The molecule has 9 heteroatoms. The van der Waals surface area contributed by atoms with E-state index in [2.05, 4.69) is 15.6 Å². The first-order valence-electron chi connectivity index (χ1n) is 13.1. The molecule has 2 amide bonds. The fraction of sp³-hybridized carbons (Fsp3) is 0.333. The molecule has 0 aliphatic carbocycles. The third-order valence-electron chi connectivity index (χ3n) is 7.02. The number of anilines is 1. The molecule has 1 aromatic heterocycles. The second-order valence-electron chi connectivity index (χ2n) is 10.4. The van der Waals surface area contributed by atoms with Crippen molar-refractivity contribution in [2.24, 2.45) is 0 Å². The summed E-state index contributed by atoms with van der Waals surface area (Å²) < 4.78 is 13.1. The second kappa shape index (κ2) is 10.8. The lowest BCUT2D eigenvalue weighted by atomic mass is 9.97. The Morgan fingerprint density at radius 1 is 1.03 bits per heavy atom. The van der Waals surface area contributed by atoms with Gasteiger partial charge in [0.1, 0.15) is 31.3 Å². The molecule has 0 spiro atoms. The standard InChI is InChI=1S/C30H33N5O4/c1-5-30(3,4)31-29(37)28(21-12-10-20(2)11-13-21)35(22-14-15-25-26(18-22)39-17-16-38-25)27(36)19-34-24-9-7-6-8-23(24)32-33-34/h6-15,18,28H,5,16-17,19H2,1-4H3,(H,31,37)/t28-/m1/s1. The van der Waals surface area contributed by atoms with Gasteiger partial charge in [0.05, 0.1) is 5.52 Å². The summed E-state index contributed by atoms with van der Waals surface area (Å²) in [6.07, 6.45) is 0.724. The number of carbonyl (C=O) groups is 2. The molecule has 1 aliphatic rings. The van der Waals surface area contributed by atoms with Crippen LogP contribution in [0, 0.1) is 6.92 Å². The monoisotopic (exact) mass is 527 g/mol. The number of fused-ring (bicyclic) bond motifs is 2. The lowest BCUT2D eigenvalue weighted by Gasteiger charge is -2.35. The number of ether oxygens (including phenoxy) is 2. The first-order chi connectivity index (χ1) is 18.8. The van der Waals surface area contributed by atoms with E-state index in [9.17, 15) is 9.59 Å². The van der Waals surface area contributed by atoms with E-state index in [0.29, 0.717) is 41.5 Å². The number of nitrogens with zero attached hydrogens (tertiary/aromatic N) is 4. The predicted octanol–water partition coefficient (Wildman–Crippen LogP) is 4.59. The van der Waals surface area contributed by atoms with E-state index in [-0.39, 0.29) is 18.4 Å². The highest BCUT2D eigenvalue weighted by molar-refractivity contribution is 6.02. The van der Waals surface area contributed by atoms with Gasteiger partial charge < -0.3 is 14.8 Å². The zero-order chi connectivity index (χ0) is 27.6. The van der Waals surface area contributed by atoms with Crippen LogP contribution in [0.5, 0.6) is 11.5 Å². The molecular formula is C30H33N5O4. The predicted molar refractivity (Wildman–Crippen MR) is 149 cm³/mol. The van der Waals surface area contributed by atoms with E-state index >= 15 is 0 Å². The first kappa shape index (κ1) is 26.2. The van der Waals surface area contributed by atoms with Crippen LogP contribution >= 0.6 is 0 Å². The third kappa shape index (κ3) is 5.57. The van der Waals surface area contributed by atoms with E-state index in [1.165, 1.54) is 4.90 Å². The maximum Gasteiger partial charge on any atom is 0.249 e. The number of benzene rings is 3. The molecule has 0 saturated heterocycles. The van der Waals surface area contributed by atoms with Crippen molar-refractivity contribution < 1.29 is 19.1 Å². The van der Waals surface area contributed by atoms with Crippen molar-refractivity contribution in [1.29, 1.82) is 0 Å². The van der Waals surface area contributed by atoms with Crippen LogP contribution in [-0.4, -0.2) is 45.6 Å². The number of aryl methyl sites for hydroxylation is 1. The maximum atomic E-state index is 14.2. The molecule has 4 aromatic rings. The molecular weight excluding hydrogens is 494 g/mol. The smallest absolute Gasteiger partial charge is 0.249 e.